The number of anilines is 1. The van der Waals surface area contributed by atoms with Crippen molar-refractivity contribution in [3.05, 3.63) is 65.7 Å². The molecule has 7 heteroatoms. The van der Waals surface area contributed by atoms with Gasteiger partial charge in [-0.15, -0.1) is 5.10 Å². The molecule has 0 saturated heterocycles. The fourth-order valence-corrected chi connectivity index (χ4v) is 1.79. The molecule has 0 radical (unpaired) electrons. The Labute approximate surface area is 123 Å². The van der Waals surface area contributed by atoms with Crippen molar-refractivity contribution >= 4 is 11.9 Å². The van der Waals surface area contributed by atoms with Gasteiger partial charge in [-0.05, 0) is 36.4 Å². The van der Waals surface area contributed by atoms with E-state index in [9.17, 15) is 13.6 Å². The minimum atomic E-state index is -0.701. The molecular weight excluding hydrogens is 292 g/mol. The fraction of sp³-hybridized carbons (Fsp3) is 0. The maximum absolute atomic E-state index is 13.5. The second-order valence-electron chi connectivity index (χ2n) is 4.35. The molecule has 0 aliphatic heterocycles. The van der Waals surface area contributed by atoms with Crippen LogP contribution >= 0.6 is 0 Å². The number of nitrogens with one attached hydrogen (secondary N) is 1. The third kappa shape index (κ3) is 2.83. The molecule has 22 heavy (non-hydrogen) atoms. The molecule has 0 spiro atoms. The topological polar surface area (TPSA) is 68.0 Å². The Morgan fingerprint density at radius 2 is 1.73 bits per heavy atom. The Morgan fingerprint density at radius 1 is 1.00 bits per heavy atom. The van der Waals surface area contributed by atoms with Gasteiger partial charge < -0.3 is 4.42 Å². The predicted molar refractivity (Wildman–Crippen MR) is 74.0 cm³/mol. The smallest absolute Gasteiger partial charge is 0.322 e. The molecule has 5 nitrogen and oxygen atoms in total. The number of carbonyl (C=O) groups excluding carboxylic acids is 1. The molecular formula is C15H9F2N3O2. The first-order chi connectivity index (χ1) is 10.6. The van der Waals surface area contributed by atoms with Crippen LogP contribution in [0.4, 0.5) is 14.8 Å². The van der Waals surface area contributed by atoms with Crippen LogP contribution in [0, 0.1) is 11.6 Å². The largest absolute Gasteiger partial charge is 0.403 e. The van der Waals surface area contributed by atoms with Crippen LogP contribution < -0.4 is 5.32 Å². The SMILES string of the molecule is O=C(Nc1nnc(-c2ccc(F)cc2)o1)c1ccccc1F. The summed E-state index contributed by atoms with van der Waals surface area (Å²) in [7, 11) is 0. The zero-order valence-electron chi connectivity index (χ0n) is 11.1. The molecule has 0 unspecified atom stereocenters. The highest BCUT2D eigenvalue weighted by atomic mass is 19.1. The summed E-state index contributed by atoms with van der Waals surface area (Å²) in [6.45, 7) is 0. The number of hydrogen-bond donors (Lipinski definition) is 1. The molecule has 0 aliphatic rings. The molecule has 0 saturated carbocycles. The third-order valence-electron chi connectivity index (χ3n) is 2.86. The summed E-state index contributed by atoms with van der Waals surface area (Å²) in [5.74, 6) is -1.63. The van der Waals surface area contributed by atoms with E-state index in [-0.39, 0.29) is 17.5 Å². The summed E-state index contributed by atoms with van der Waals surface area (Å²) < 4.78 is 31.6. The van der Waals surface area contributed by atoms with Gasteiger partial charge in [0.05, 0.1) is 5.56 Å². The Hall–Kier alpha value is -3.09. The number of hydrogen-bond acceptors (Lipinski definition) is 4. The zero-order chi connectivity index (χ0) is 15.5. The summed E-state index contributed by atoms with van der Waals surface area (Å²) in [5.41, 5.74) is 0.365. The van der Waals surface area contributed by atoms with Crippen molar-refractivity contribution in [1.29, 1.82) is 0 Å². The molecule has 2 aromatic carbocycles. The van der Waals surface area contributed by atoms with E-state index in [0.717, 1.165) is 0 Å². The number of nitrogens with zero attached hydrogens (tertiary/aromatic N) is 2. The molecule has 0 fully saturated rings. The van der Waals surface area contributed by atoms with Crippen molar-refractivity contribution in [3.63, 3.8) is 0 Å². The van der Waals surface area contributed by atoms with E-state index in [2.05, 4.69) is 15.5 Å². The van der Waals surface area contributed by atoms with Crippen LogP contribution in [0.1, 0.15) is 10.4 Å². The second-order valence-corrected chi connectivity index (χ2v) is 4.35. The van der Waals surface area contributed by atoms with Gasteiger partial charge in [0.1, 0.15) is 11.6 Å². The lowest BCUT2D eigenvalue weighted by Gasteiger charge is -2.01. The van der Waals surface area contributed by atoms with E-state index in [4.69, 9.17) is 4.42 Å². The molecule has 1 N–H and O–H groups in total. The normalized spacial score (nSPS) is 10.5. The molecule has 0 atom stereocenters. The van der Waals surface area contributed by atoms with Crippen molar-refractivity contribution in [2.75, 3.05) is 5.32 Å². The van der Waals surface area contributed by atoms with Gasteiger partial charge in [-0.3, -0.25) is 10.1 Å². The van der Waals surface area contributed by atoms with Gasteiger partial charge in [0, 0.05) is 5.56 Å². The molecule has 3 aromatic rings. The molecule has 1 amide bonds. The Kier molecular flexibility index (Phi) is 3.61. The molecule has 1 heterocycles. The van der Waals surface area contributed by atoms with Crippen LogP contribution in [-0.4, -0.2) is 16.1 Å². The highest BCUT2D eigenvalue weighted by Crippen LogP contribution is 2.20. The van der Waals surface area contributed by atoms with Gasteiger partial charge in [0.15, 0.2) is 0 Å². The van der Waals surface area contributed by atoms with Crippen LogP contribution in [0.5, 0.6) is 0 Å². The number of halogens is 2. The lowest BCUT2D eigenvalue weighted by atomic mass is 10.2. The van der Waals surface area contributed by atoms with Gasteiger partial charge in [0.25, 0.3) is 5.91 Å². The lowest BCUT2D eigenvalue weighted by Crippen LogP contribution is -2.13. The quantitative estimate of drug-likeness (QED) is 0.806. The van der Waals surface area contributed by atoms with Gasteiger partial charge in [0.2, 0.25) is 5.89 Å². The summed E-state index contributed by atoms with van der Waals surface area (Å²) in [5, 5.41) is 9.69. The van der Waals surface area contributed by atoms with Crippen LogP contribution in [0.15, 0.2) is 52.9 Å². The van der Waals surface area contributed by atoms with Crippen molar-refractivity contribution in [2.24, 2.45) is 0 Å². The van der Waals surface area contributed by atoms with Crippen LogP contribution in [0.2, 0.25) is 0 Å². The Bertz CT molecular complexity index is 816. The molecule has 1 aromatic heterocycles. The number of rotatable bonds is 3. The highest BCUT2D eigenvalue weighted by molar-refractivity contribution is 6.03. The molecule has 0 bridgehead atoms. The minimum absolute atomic E-state index is 0.115. The first-order valence-corrected chi connectivity index (χ1v) is 6.29. The number of carbonyl (C=O) groups is 1. The maximum atomic E-state index is 13.5. The molecule has 110 valence electrons. The average Bonchev–Trinajstić information content (AvgIpc) is 2.97. The number of benzene rings is 2. The summed E-state index contributed by atoms with van der Waals surface area (Å²) in [6.07, 6.45) is 0. The van der Waals surface area contributed by atoms with Crippen molar-refractivity contribution in [3.8, 4) is 11.5 Å². The van der Waals surface area contributed by atoms with E-state index >= 15 is 0 Å². The van der Waals surface area contributed by atoms with Gasteiger partial charge in [-0.2, -0.15) is 0 Å². The molecule has 0 aliphatic carbocycles. The monoisotopic (exact) mass is 301 g/mol. The minimum Gasteiger partial charge on any atom is -0.403 e. The predicted octanol–water partition coefficient (Wildman–Crippen LogP) is 3.27. The Balaban J connectivity index is 1.78. The van der Waals surface area contributed by atoms with E-state index in [1.54, 1.807) is 0 Å². The third-order valence-corrected chi connectivity index (χ3v) is 2.86. The molecule has 3 rings (SSSR count). The standard InChI is InChI=1S/C15H9F2N3O2/c16-10-7-5-9(6-8-10)14-19-20-15(22-14)18-13(21)11-3-1-2-4-12(11)17/h1-8H,(H,18,20,21). The van der Waals surface area contributed by atoms with E-state index in [1.807, 2.05) is 0 Å². The second kappa shape index (κ2) is 5.72. The lowest BCUT2D eigenvalue weighted by molar-refractivity contribution is 0.102. The van der Waals surface area contributed by atoms with E-state index in [1.165, 1.54) is 48.5 Å². The van der Waals surface area contributed by atoms with Crippen molar-refractivity contribution in [2.45, 2.75) is 0 Å². The first-order valence-electron chi connectivity index (χ1n) is 6.29. The van der Waals surface area contributed by atoms with Crippen LogP contribution in [0.25, 0.3) is 11.5 Å². The van der Waals surface area contributed by atoms with Gasteiger partial charge >= 0.3 is 6.01 Å². The fourth-order valence-electron chi connectivity index (χ4n) is 1.79. The van der Waals surface area contributed by atoms with E-state index < -0.39 is 17.5 Å². The summed E-state index contributed by atoms with van der Waals surface area (Å²) >= 11 is 0. The Morgan fingerprint density at radius 3 is 2.45 bits per heavy atom. The zero-order valence-corrected chi connectivity index (χ0v) is 11.1. The van der Waals surface area contributed by atoms with Gasteiger partial charge in [-0.1, -0.05) is 17.2 Å². The van der Waals surface area contributed by atoms with Gasteiger partial charge in [-0.25, -0.2) is 8.78 Å². The number of amides is 1. The summed E-state index contributed by atoms with van der Waals surface area (Å²) in [6, 6.07) is 10.8. The van der Waals surface area contributed by atoms with E-state index in [0.29, 0.717) is 5.56 Å². The maximum Gasteiger partial charge on any atom is 0.322 e. The van der Waals surface area contributed by atoms with Crippen molar-refractivity contribution in [1.82, 2.24) is 10.2 Å². The highest BCUT2D eigenvalue weighted by Gasteiger charge is 2.15. The van der Waals surface area contributed by atoms with Crippen LogP contribution in [-0.2, 0) is 0 Å². The summed E-state index contributed by atoms with van der Waals surface area (Å²) in [4.78, 5) is 11.9. The first kappa shape index (κ1) is 13.9. The number of aromatic nitrogens is 2. The average molecular weight is 301 g/mol. The van der Waals surface area contributed by atoms with Crippen LogP contribution in [0.3, 0.4) is 0 Å². The van der Waals surface area contributed by atoms with Crippen molar-refractivity contribution < 1.29 is 18.0 Å².